The van der Waals surface area contributed by atoms with E-state index in [1.807, 2.05) is 0 Å². The second-order valence-electron chi connectivity index (χ2n) is 5.57. The molecule has 3 rings (SSSR count). The summed E-state index contributed by atoms with van der Waals surface area (Å²) >= 11 is 1.38. The molecule has 104 valence electrons. The van der Waals surface area contributed by atoms with E-state index in [1.54, 1.807) is 0 Å². The van der Waals surface area contributed by atoms with Crippen molar-refractivity contribution < 1.29 is 9.90 Å². The van der Waals surface area contributed by atoms with Crippen LogP contribution >= 0.6 is 11.3 Å². The Kier molecular flexibility index (Phi) is 3.48. The highest BCUT2D eigenvalue weighted by Gasteiger charge is 2.36. The van der Waals surface area contributed by atoms with Crippen LogP contribution in [0.4, 0.5) is 5.13 Å². The molecule has 0 aromatic carbocycles. The van der Waals surface area contributed by atoms with Gasteiger partial charge in [-0.3, -0.25) is 0 Å². The van der Waals surface area contributed by atoms with Gasteiger partial charge < -0.3 is 10.0 Å². The second-order valence-corrected chi connectivity index (χ2v) is 6.55. The highest BCUT2D eigenvalue weighted by atomic mass is 32.1. The maximum absolute atomic E-state index is 11.3. The van der Waals surface area contributed by atoms with Crippen molar-refractivity contribution in [2.45, 2.75) is 57.4 Å². The van der Waals surface area contributed by atoms with E-state index >= 15 is 0 Å². The lowest BCUT2D eigenvalue weighted by Gasteiger charge is -2.20. The average molecular weight is 280 g/mol. The molecule has 2 aliphatic rings. The Bertz CT molecular complexity index is 478. The van der Waals surface area contributed by atoms with Crippen LogP contribution in [0.3, 0.4) is 0 Å². The summed E-state index contributed by atoms with van der Waals surface area (Å²) in [5.41, 5.74) is 0.842. The molecule has 0 unspecified atom stereocenters. The topological polar surface area (TPSA) is 53.4 Å². The standard InChI is InChI=1S/C14H20N2O2S/c1-2-3-8-16(10-6-7-10)14-15-11(9-4-5-9)12(19-14)13(17)18/h9-10H,2-8H2,1H3,(H,17,18). The van der Waals surface area contributed by atoms with Crippen LogP contribution < -0.4 is 4.90 Å². The van der Waals surface area contributed by atoms with Crippen LogP contribution in [0.15, 0.2) is 0 Å². The summed E-state index contributed by atoms with van der Waals surface area (Å²) in [6.07, 6.45) is 6.96. The zero-order valence-corrected chi connectivity index (χ0v) is 12.1. The molecule has 1 aromatic heterocycles. The monoisotopic (exact) mass is 280 g/mol. The van der Waals surface area contributed by atoms with Crippen molar-refractivity contribution in [3.8, 4) is 0 Å². The predicted octanol–water partition coefficient (Wildman–Crippen LogP) is 3.49. The van der Waals surface area contributed by atoms with Crippen molar-refractivity contribution in [2.24, 2.45) is 0 Å². The number of hydrogen-bond acceptors (Lipinski definition) is 4. The molecule has 5 heteroatoms. The minimum absolute atomic E-state index is 0.406. The van der Waals surface area contributed by atoms with E-state index in [9.17, 15) is 9.90 Å². The van der Waals surface area contributed by atoms with Gasteiger partial charge in [0.15, 0.2) is 5.13 Å². The SMILES string of the molecule is CCCCN(c1nc(C2CC2)c(C(=O)O)s1)C1CC1. The van der Waals surface area contributed by atoms with Crippen LogP contribution in [-0.4, -0.2) is 28.6 Å². The molecule has 0 spiro atoms. The fourth-order valence-corrected chi connectivity index (χ4v) is 3.47. The molecule has 19 heavy (non-hydrogen) atoms. The number of anilines is 1. The molecular formula is C14H20N2O2S. The first kappa shape index (κ1) is 12.9. The maximum atomic E-state index is 11.3. The van der Waals surface area contributed by atoms with Crippen molar-refractivity contribution >= 4 is 22.4 Å². The Morgan fingerprint density at radius 2 is 2.16 bits per heavy atom. The molecule has 4 nitrogen and oxygen atoms in total. The number of thiazole rings is 1. The van der Waals surface area contributed by atoms with E-state index in [2.05, 4.69) is 16.8 Å². The van der Waals surface area contributed by atoms with Crippen LogP contribution in [0.25, 0.3) is 0 Å². The Labute approximate surface area is 117 Å². The van der Waals surface area contributed by atoms with Crippen LogP contribution in [0, 0.1) is 0 Å². The van der Waals surface area contributed by atoms with Gasteiger partial charge in [0, 0.05) is 18.5 Å². The summed E-state index contributed by atoms with van der Waals surface area (Å²) in [5.74, 6) is -0.403. The lowest BCUT2D eigenvalue weighted by molar-refractivity contribution is 0.0700. The first-order valence-electron chi connectivity index (χ1n) is 7.21. The zero-order chi connectivity index (χ0) is 13.4. The summed E-state index contributed by atoms with van der Waals surface area (Å²) in [5, 5.41) is 10.3. The molecule has 0 atom stereocenters. The van der Waals surface area contributed by atoms with Crippen LogP contribution in [-0.2, 0) is 0 Å². The van der Waals surface area contributed by atoms with Gasteiger partial charge in [-0.2, -0.15) is 0 Å². The molecule has 1 heterocycles. The fourth-order valence-electron chi connectivity index (χ4n) is 2.38. The van der Waals surface area contributed by atoms with Crippen molar-refractivity contribution in [3.63, 3.8) is 0 Å². The van der Waals surface area contributed by atoms with E-state index in [4.69, 9.17) is 0 Å². The molecule has 2 aliphatic carbocycles. The van der Waals surface area contributed by atoms with Gasteiger partial charge in [0.1, 0.15) is 4.88 Å². The number of aromatic carboxylic acids is 1. The molecule has 2 saturated carbocycles. The summed E-state index contributed by atoms with van der Waals surface area (Å²) < 4.78 is 0. The molecule has 2 fully saturated rings. The summed E-state index contributed by atoms with van der Waals surface area (Å²) in [4.78, 5) is 18.8. The lowest BCUT2D eigenvalue weighted by Crippen LogP contribution is -2.26. The number of carbonyl (C=O) groups is 1. The molecule has 0 radical (unpaired) electrons. The smallest absolute Gasteiger partial charge is 0.347 e. The van der Waals surface area contributed by atoms with Gasteiger partial charge in [0.05, 0.1) is 5.69 Å². The van der Waals surface area contributed by atoms with Crippen molar-refractivity contribution in [1.82, 2.24) is 4.98 Å². The van der Waals surface area contributed by atoms with Gasteiger partial charge in [-0.05, 0) is 32.1 Å². The van der Waals surface area contributed by atoms with Gasteiger partial charge in [0.25, 0.3) is 0 Å². The predicted molar refractivity (Wildman–Crippen MR) is 76.3 cm³/mol. The van der Waals surface area contributed by atoms with E-state index in [-0.39, 0.29) is 0 Å². The Morgan fingerprint density at radius 3 is 2.68 bits per heavy atom. The van der Waals surface area contributed by atoms with E-state index < -0.39 is 5.97 Å². The van der Waals surface area contributed by atoms with E-state index in [0.29, 0.717) is 16.8 Å². The average Bonchev–Trinajstić information content (AvgIpc) is 3.28. The van der Waals surface area contributed by atoms with Crippen LogP contribution in [0.1, 0.15) is 66.7 Å². The molecule has 0 amide bonds. The number of nitrogens with zero attached hydrogens (tertiary/aromatic N) is 2. The summed E-state index contributed by atoms with van der Waals surface area (Å²) in [7, 11) is 0. The van der Waals surface area contributed by atoms with Crippen molar-refractivity contribution in [2.75, 3.05) is 11.4 Å². The Hall–Kier alpha value is -1.10. The maximum Gasteiger partial charge on any atom is 0.347 e. The van der Waals surface area contributed by atoms with Gasteiger partial charge in [-0.25, -0.2) is 9.78 Å². The number of carboxylic acid groups (broad SMARTS) is 1. The minimum Gasteiger partial charge on any atom is -0.477 e. The third-order valence-electron chi connectivity index (χ3n) is 3.79. The largest absolute Gasteiger partial charge is 0.477 e. The first-order valence-corrected chi connectivity index (χ1v) is 8.03. The van der Waals surface area contributed by atoms with E-state index in [0.717, 1.165) is 43.1 Å². The van der Waals surface area contributed by atoms with Gasteiger partial charge in [-0.15, -0.1) is 0 Å². The van der Waals surface area contributed by atoms with Crippen LogP contribution in [0.5, 0.6) is 0 Å². The highest BCUT2D eigenvalue weighted by Crippen LogP contribution is 2.45. The summed E-state index contributed by atoms with van der Waals surface area (Å²) in [6.45, 7) is 3.20. The third kappa shape index (κ3) is 2.76. The van der Waals surface area contributed by atoms with Gasteiger partial charge in [0.2, 0.25) is 0 Å². The number of unbranched alkanes of at least 4 members (excludes halogenated alkanes) is 1. The molecule has 0 saturated heterocycles. The summed E-state index contributed by atoms with van der Waals surface area (Å²) in [6, 6.07) is 0.603. The number of hydrogen-bond donors (Lipinski definition) is 1. The quantitative estimate of drug-likeness (QED) is 0.830. The molecule has 1 N–H and O–H groups in total. The zero-order valence-electron chi connectivity index (χ0n) is 11.3. The molecule has 0 bridgehead atoms. The fraction of sp³-hybridized carbons (Fsp3) is 0.714. The normalized spacial score (nSPS) is 18.6. The number of aromatic nitrogens is 1. The minimum atomic E-state index is -0.808. The Morgan fingerprint density at radius 1 is 1.42 bits per heavy atom. The molecular weight excluding hydrogens is 260 g/mol. The highest BCUT2D eigenvalue weighted by molar-refractivity contribution is 7.17. The second kappa shape index (κ2) is 5.12. The lowest BCUT2D eigenvalue weighted by atomic mass is 10.2. The number of rotatable bonds is 7. The van der Waals surface area contributed by atoms with E-state index in [1.165, 1.54) is 24.2 Å². The van der Waals surface area contributed by atoms with Crippen molar-refractivity contribution in [3.05, 3.63) is 10.6 Å². The Balaban J connectivity index is 1.85. The number of carboxylic acids is 1. The van der Waals surface area contributed by atoms with Gasteiger partial charge >= 0.3 is 5.97 Å². The molecule has 0 aliphatic heterocycles. The van der Waals surface area contributed by atoms with Gasteiger partial charge in [-0.1, -0.05) is 24.7 Å². The first-order chi connectivity index (χ1) is 9.20. The van der Waals surface area contributed by atoms with Crippen LogP contribution in [0.2, 0.25) is 0 Å². The third-order valence-corrected chi connectivity index (χ3v) is 4.88. The molecule has 1 aromatic rings. The van der Waals surface area contributed by atoms with Crippen molar-refractivity contribution in [1.29, 1.82) is 0 Å².